The molecule has 1 aliphatic rings. The van der Waals surface area contributed by atoms with E-state index in [9.17, 15) is 9.59 Å². The number of rotatable bonds is 3. The summed E-state index contributed by atoms with van der Waals surface area (Å²) in [6.45, 7) is 2.29. The van der Waals surface area contributed by atoms with Crippen LogP contribution < -0.4 is 10.4 Å². The second-order valence-corrected chi connectivity index (χ2v) is 4.09. The molecule has 1 heterocycles. The number of nitrogens with one attached hydrogen (secondary N) is 1. The molecule has 0 aromatic heterocycles. The van der Waals surface area contributed by atoms with Crippen molar-refractivity contribution in [1.29, 1.82) is 0 Å². The highest BCUT2D eigenvalue weighted by molar-refractivity contribution is 5.81. The lowest BCUT2D eigenvalue weighted by molar-refractivity contribution is -0.138. The van der Waals surface area contributed by atoms with Crippen LogP contribution in [0.3, 0.4) is 0 Å². The van der Waals surface area contributed by atoms with Crippen LogP contribution in [-0.4, -0.2) is 23.5 Å². The van der Waals surface area contributed by atoms with E-state index in [0.717, 1.165) is 11.3 Å². The van der Waals surface area contributed by atoms with Gasteiger partial charge in [-0.1, -0.05) is 12.1 Å². The average Bonchev–Trinajstić information content (AvgIpc) is 2.75. The molecule has 0 aliphatic carbocycles. The third-order valence-corrected chi connectivity index (χ3v) is 2.90. The van der Waals surface area contributed by atoms with Gasteiger partial charge in [-0.05, 0) is 24.6 Å². The van der Waals surface area contributed by atoms with Gasteiger partial charge in [0.1, 0.15) is 0 Å². The van der Waals surface area contributed by atoms with Gasteiger partial charge in [-0.2, -0.15) is 0 Å². The zero-order valence-electron chi connectivity index (χ0n) is 9.51. The molecule has 1 aromatic carbocycles. The van der Waals surface area contributed by atoms with Crippen LogP contribution in [0.15, 0.2) is 24.3 Å². The molecule has 1 aromatic rings. The SMILES string of the molecule is CC(C(=O)O)c1ccc(N2CCC(=O)N2)cc1. The van der Waals surface area contributed by atoms with Crippen LogP contribution in [0.5, 0.6) is 0 Å². The van der Waals surface area contributed by atoms with Gasteiger partial charge in [0.15, 0.2) is 0 Å². The first-order chi connectivity index (χ1) is 8.08. The normalized spacial score (nSPS) is 16.8. The molecule has 2 N–H and O–H groups in total. The van der Waals surface area contributed by atoms with Crippen LogP contribution >= 0.6 is 0 Å². The molecule has 1 fully saturated rings. The van der Waals surface area contributed by atoms with Crippen molar-refractivity contribution in [1.82, 2.24) is 5.43 Å². The summed E-state index contributed by atoms with van der Waals surface area (Å²) >= 11 is 0. The van der Waals surface area contributed by atoms with E-state index in [4.69, 9.17) is 5.11 Å². The lowest BCUT2D eigenvalue weighted by Gasteiger charge is -2.18. The summed E-state index contributed by atoms with van der Waals surface area (Å²) in [6, 6.07) is 7.19. The summed E-state index contributed by atoms with van der Waals surface area (Å²) < 4.78 is 0. The highest BCUT2D eigenvalue weighted by atomic mass is 16.4. The van der Waals surface area contributed by atoms with Gasteiger partial charge in [0.25, 0.3) is 0 Å². The van der Waals surface area contributed by atoms with Crippen molar-refractivity contribution >= 4 is 17.6 Å². The molecule has 5 nitrogen and oxygen atoms in total. The van der Waals surface area contributed by atoms with Gasteiger partial charge in [-0.15, -0.1) is 0 Å². The zero-order chi connectivity index (χ0) is 12.4. The van der Waals surface area contributed by atoms with Gasteiger partial charge in [-0.25, -0.2) is 0 Å². The van der Waals surface area contributed by atoms with Crippen molar-refractivity contribution in [3.8, 4) is 0 Å². The molecule has 1 amide bonds. The van der Waals surface area contributed by atoms with Crippen LogP contribution in [-0.2, 0) is 9.59 Å². The lowest BCUT2D eigenvalue weighted by atomic mass is 10.0. The number of amides is 1. The number of carboxylic acid groups (broad SMARTS) is 1. The summed E-state index contributed by atoms with van der Waals surface area (Å²) in [5.41, 5.74) is 4.35. The fourth-order valence-electron chi connectivity index (χ4n) is 1.75. The molecule has 0 bridgehead atoms. The number of aliphatic carboxylic acids is 1. The van der Waals surface area contributed by atoms with Gasteiger partial charge < -0.3 is 5.11 Å². The fraction of sp³-hybridized carbons (Fsp3) is 0.333. The molecule has 90 valence electrons. The number of hydrogen-bond acceptors (Lipinski definition) is 3. The number of carboxylic acids is 1. The fourth-order valence-corrected chi connectivity index (χ4v) is 1.75. The minimum atomic E-state index is -0.841. The van der Waals surface area contributed by atoms with E-state index in [1.54, 1.807) is 24.1 Å². The topological polar surface area (TPSA) is 69.6 Å². The third kappa shape index (κ3) is 2.38. The molecule has 2 rings (SSSR count). The Kier molecular flexibility index (Phi) is 2.99. The van der Waals surface area contributed by atoms with E-state index in [1.807, 2.05) is 12.1 Å². The predicted octanol–water partition coefficient (Wildman–Crippen LogP) is 1.12. The first-order valence-electron chi connectivity index (χ1n) is 5.47. The molecular formula is C12H14N2O3. The van der Waals surface area contributed by atoms with E-state index in [-0.39, 0.29) is 5.91 Å². The van der Waals surface area contributed by atoms with Gasteiger partial charge in [0.2, 0.25) is 5.91 Å². The second-order valence-electron chi connectivity index (χ2n) is 4.09. The van der Waals surface area contributed by atoms with Crippen LogP contribution in [0.1, 0.15) is 24.8 Å². The van der Waals surface area contributed by atoms with E-state index in [1.165, 1.54) is 0 Å². The van der Waals surface area contributed by atoms with Crippen molar-refractivity contribution in [3.05, 3.63) is 29.8 Å². The van der Waals surface area contributed by atoms with Crippen molar-refractivity contribution in [3.63, 3.8) is 0 Å². The van der Waals surface area contributed by atoms with Crippen LogP contribution in [0.2, 0.25) is 0 Å². The minimum Gasteiger partial charge on any atom is -0.481 e. The van der Waals surface area contributed by atoms with Crippen molar-refractivity contribution < 1.29 is 14.7 Å². The standard InChI is InChI=1S/C12H14N2O3/c1-8(12(16)17)9-2-4-10(5-3-9)14-7-6-11(15)13-14/h2-5,8H,6-7H2,1H3,(H,13,15)(H,16,17). The monoisotopic (exact) mass is 234 g/mol. The highest BCUT2D eigenvalue weighted by Crippen LogP contribution is 2.21. The average molecular weight is 234 g/mol. The molecule has 1 atom stereocenters. The Morgan fingerprint density at radius 3 is 2.53 bits per heavy atom. The minimum absolute atomic E-state index is 0.00739. The van der Waals surface area contributed by atoms with E-state index >= 15 is 0 Å². The molecule has 1 unspecified atom stereocenters. The highest BCUT2D eigenvalue weighted by Gasteiger charge is 2.19. The van der Waals surface area contributed by atoms with E-state index in [0.29, 0.717) is 13.0 Å². The first kappa shape index (κ1) is 11.4. The predicted molar refractivity (Wildman–Crippen MR) is 62.6 cm³/mol. The Labute approximate surface area is 99.0 Å². The molecule has 0 radical (unpaired) electrons. The Morgan fingerprint density at radius 1 is 1.41 bits per heavy atom. The number of carbonyl (C=O) groups is 2. The number of nitrogens with zero attached hydrogens (tertiary/aromatic N) is 1. The van der Waals surface area contributed by atoms with Gasteiger partial charge in [-0.3, -0.25) is 20.0 Å². The molecular weight excluding hydrogens is 220 g/mol. The van der Waals surface area contributed by atoms with Gasteiger partial charge >= 0.3 is 5.97 Å². The Morgan fingerprint density at radius 2 is 2.06 bits per heavy atom. The molecule has 1 aliphatic heterocycles. The molecule has 5 heteroatoms. The molecule has 0 saturated carbocycles. The summed E-state index contributed by atoms with van der Waals surface area (Å²) in [4.78, 5) is 21.9. The molecule has 17 heavy (non-hydrogen) atoms. The molecule has 1 saturated heterocycles. The summed E-state index contributed by atoms with van der Waals surface area (Å²) in [5.74, 6) is -1.35. The van der Waals surface area contributed by atoms with Crippen LogP contribution in [0.25, 0.3) is 0 Å². The molecule has 0 spiro atoms. The summed E-state index contributed by atoms with van der Waals surface area (Å²) in [7, 11) is 0. The quantitative estimate of drug-likeness (QED) is 0.822. The number of hydrogen-bond donors (Lipinski definition) is 2. The number of carbonyl (C=O) groups excluding carboxylic acids is 1. The van der Waals surface area contributed by atoms with Gasteiger partial charge in [0.05, 0.1) is 11.6 Å². The van der Waals surface area contributed by atoms with Crippen molar-refractivity contribution in [2.45, 2.75) is 19.3 Å². The van der Waals surface area contributed by atoms with Gasteiger partial charge in [0, 0.05) is 13.0 Å². The van der Waals surface area contributed by atoms with E-state index in [2.05, 4.69) is 5.43 Å². The second kappa shape index (κ2) is 4.45. The van der Waals surface area contributed by atoms with Crippen LogP contribution in [0.4, 0.5) is 5.69 Å². The van der Waals surface area contributed by atoms with Crippen LogP contribution in [0, 0.1) is 0 Å². The maximum atomic E-state index is 11.1. The first-order valence-corrected chi connectivity index (χ1v) is 5.47. The van der Waals surface area contributed by atoms with Crippen molar-refractivity contribution in [2.75, 3.05) is 11.6 Å². The maximum Gasteiger partial charge on any atom is 0.310 e. The Bertz CT molecular complexity index is 442. The summed E-state index contributed by atoms with van der Waals surface area (Å²) in [6.07, 6.45) is 0.493. The smallest absolute Gasteiger partial charge is 0.310 e. The lowest BCUT2D eigenvalue weighted by Crippen LogP contribution is -2.32. The number of benzene rings is 1. The summed E-state index contributed by atoms with van der Waals surface area (Å²) in [5, 5.41) is 10.6. The number of hydrazine groups is 1. The van der Waals surface area contributed by atoms with Crippen molar-refractivity contribution in [2.24, 2.45) is 0 Å². The number of anilines is 1. The largest absolute Gasteiger partial charge is 0.481 e. The maximum absolute atomic E-state index is 11.1. The Hall–Kier alpha value is -2.04. The Balaban J connectivity index is 2.13. The zero-order valence-corrected chi connectivity index (χ0v) is 9.51. The third-order valence-electron chi connectivity index (χ3n) is 2.90. The van der Waals surface area contributed by atoms with E-state index < -0.39 is 11.9 Å².